The van der Waals surface area contributed by atoms with Crippen LogP contribution >= 0.6 is 11.8 Å². The molecular formula is C13H14FNS. The van der Waals surface area contributed by atoms with E-state index in [4.69, 9.17) is 5.26 Å². The van der Waals surface area contributed by atoms with Gasteiger partial charge >= 0.3 is 0 Å². The normalized spacial score (nSPS) is 16.2. The first-order valence-electron chi connectivity index (χ1n) is 5.60. The van der Waals surface area contributed by atoms with Gasteiger partial charge in [0.1, 0.15) is 5.82 Å². The van der Waals surface area contributed by atoms with E-state index < -0.39 is 0 Å². The van der Waals surface area contributed by atoms with E-state index in [0.29, 0.717) is 10.8 Å². The summed E-state index contributed by atoms with van der Waals surface area (Å²) in [5.41, 5.74) is 1.11. The lowest BCUT2D eigenvalue weighted by Crippen LogP contribution is -1.96. The van der Waals surface area contributed by atoms with Gasteiger partial charge in [-0.1, -0.05) is 18.9 Å². The van der Waals surface area contributed by atoms with Crippen LogP contribution in [0.4, 0.5) is 4.39 Å². The summed E-state index contributed by atoms with van der Waals surface area (Å²) in [6.07, 6.45) is 5.16. The maximum Gasteiger partial charge on any atom is 0.128 e. The number of nitriles is 1. The lowest BCUT2D eigenvalue weighted by atomic mass is 10.1. The van der Waals surface area contributed by atoms with E-state index in [1.165, 1.54) is 31.7 Å². The molecule has 1 fully saturated rings. The molecule has 0 heterocycles. The van der Waals surface area contributed by atoms with Gasteiger partial charge in [0.25, 0.3) is 0 Å². The summed E-state index contributed by atoms with van der Waals surface area (Å²) in [7, 11) is 0. The van der Waals surface area contributed by atoms with Gasteiger partial charge < -0.3 is 0 Å². The molecule has 0 atom stereocenters. The van der Waals surface area contributed by atoms with E-state index in [-0.39, 0.29) is 5.82 Å². The Balaban J connectivity index is 1.96. The number of benzene rings is 1. The Morgan fingerprint density at radius 1 is 1.38 bits per heavy atom. The van der Waals surface area contributed by atoms with E-state index in [9.17, 15) is 4.39 Å². The standard InChI is InChI=1S/C13H14FNS/c14-13-7-10(8-15)5-6-11(13)9-16-12-3-1-2-4-12/h5-7,12H,1-4,9H2. The van der Waals surface area contributed by atoms with Gasteiger partial charge in [0.05, 0.1) is 11.6 Å². The quantitative estimate of drug-likeness (QED) is 0.794. The predicted molar refractivity (Wildman–Crippen MR) is 64.7 cm³/mol. The van der Waals surface area contributed by atoms with Crippen LogP contribution in [0.5, 0.6) is 0 Å². The number of halogens is 1. The average Bonchev–Trinajstić information content (AvgIpc) is 2.80. The van der Waals surface area contributed by atoms with E-state index in [0.717, 1.165) is 11.3 Å². The van der Waals surface area contributed by atoms with Crippen molar-refractivity contribution in [3.8, 4) is 6.07 Å². The summed E-state index contributed by atoms with van der Waals surface area (Å²) < 4.78 is 13.5. The van der Waals surface area contributed by atoms with Crippen molar-refractivity contribution in [1.82, 2.24) is 0 Å². The third kappa shape index (κ3) is 2.76. The second-order valence-electron chi connectivity index (χ2n) is 4.14. The molecule has 0 bridgehead atoms. The summed E-state index contributed by atoms with van der Waals surface area (Å²) in [5.74, 6) is 0.479. The maximum atomic E-state index is 13.5. The van der Waals surface area contributed by atoms with Crippen molar-refractivity contribution in [2.24, 2.45) is 0 Å². The van der Waals surface area contributed by atoms with Gasteiger partial charge in [0.15, 0.2) is 0 Å². The van der Waals surface area contributed by atoms with Gasteiger partial charge in [-0.3, -0.25) is 0 Å². The van der Waals surface area contributed by atoms with E-state index in [1.54, 1.807) is 12.1 Å². The van der Waals surface area contributed by atoms with Crippen LogP contribution in [0.15, 0.2) is 18.2 Å². The zero-order valence-electron chi connectivity index (χ0n) is 9.08. The van der Waals surface area contributed by atoms with Crippen molar-refractivity contribution in [3.63, 3.8) is 0 Å². The number of thioether (sulfide) groups is 1. The third-order valence-electron chi connectivity index (χ3n) is 2.96. The third-order valence-corrected chi connectivity index (χ3v) is 4.38. The zero-order chi connectivity index (χ0) is 11.4. The van der Waals surface area contributed by atoms with E-state index in [1.807, 2.05) is 17.8 Å². The molecular weight excluding hydrogens is 221 g/mol. The fourth-order valence-electron chi connectivity index (χ4n) is 2.00. The van der Waals surface area contributed by atoms with E-state index in [2.05, 4.69) is 0 Å². The highest BCUT2D eigenvalue weighted by molar-refractivity contribution is 7.99. The van der Waals surface area contributed by atoms with Crippen LogP contribution in [-0.4, -0.2) is 5.25 Å². The molecule has 1 saturated carbocycles. The molecule has 0 unspecified atom stereocenters. The van der Waals surface area contributed by atoms with Gasteiger partial charge in [-0.25, -0.2) is 4.39 Å². The first-order valence-corrected chi connectivity index (χ1v) is 6.64. The summed E-state index contributed by atoms with van der Waals surface area (Å²) in [6, 6.07) is 6.69. The lowest BCUT2D eigenvalue weighted by molar-refractivity contribution is 0.616. The average molecular weight is 235 g/mol. The summed E-state index contributed by atoms with van der Waals surface area (Å²) >= 11 is 1.84. The molecule has 1 aliphatic rings. The number of hydrogen-bond acceptors (Lipinski definition) is 2. The monoisotopic (exact) mass is 235 g/mol. The molecule has 16 heavy (non-hydrogen) atoms. The minimum atomic E-state index is -0.246. The largest absolute Gasteiger partial charge is 0.207 e. The SMILES string of the molecule is N#Cc1ccc(CSC2CCCC2)c(F)c1. The van der Waals surface area contributed by atoms with Crippen LogP contribution in [0.3, 0.4) is 0 Å². The van der Waals surface area contributed by atoms with Crippen molar-refractivity contribution in [2.75, 3.05) is 0 Å². The van der Waals surface area contributed by atoms with Crippen LogP contribution < -0.4 is 0 Å². The molecule has 84 valence electrons. The first-order chi connectivity index (χ1) is 7.79. The summed E-state index contributed by atoms with van der Waals surface area (Å²) in [5, 5.41) is 9.34. The topological polar surface area (TPSA) is 23.8 Å². The van der Waals surface area contributed by atoms with Crippen molar-refractivity contribution in [3.05, 3.63) is 35.1 Å². The highest BCUT2D eigenvalue weighted by atomic mass is 32.2. The Morgan fingerprint density at radius 2 is 2.12 bits per heavy atom. The molecule has 1 aromatic carbocycles. The molecule has 1 aliphatic carbocycles. The van der Waals surface area contributed by atoms with Gasteiger partial charge in [-0.2, -0.15) is 17.0 Å². The minimum absolute atomic E-state index is 0.246. The maximum absolute atomic E-state index is 13.5. The van der Waals surface area contributed by atoms with Crippen LogP contribution in [0.2, 0.25) is 0 Å². The van der Waals surface area contributed by atoms with Crippen molar-refractivity contribution in [2.45, 2.75) is 36.7 Å². The number of rotatable bonds is 3. The Morgan fingerprint density at radius 3 is 2.75 bits per heavy atom. The van der Waals surface area contributed by atoms with E-state index >= 15 is 0 Å². The molecule has 3 heteroatoms. The molecule has 0 N–H and O–H groups in total. The van der Waals surface area contributed by atoms with Crippen LogP contribution in [0.25, 0.3) is 0 Å². The number of hydrogen-bond donors (Lipinski definition) is 0. The van der Waals surface area contributed by atoms with Gasteiger partial charge in [0, 0.05) is 11.0 Å². The van der Waals surface area contributed by atoms with Crippen LogP contribution in [0.1, 0.15) is 36.8 Å². The lowest BCUT2D eigenvalue weighted by Gasteiger charge is -2.09. The van der Waals surface area contributed by atoms with Gasteiger partial charge in [-0.15, -0.1) is 0 Å². The molecule has 0 aromatic heterocycles. The first kappa shape index (κ1) is 11.5. The molecule has 0 aliphatic heterocycles. The van der Waals surface area contributed by atoms with Crippen molar-refractivity contribution >= 4 is 11.8 Å². The molecule has 1 aromatic rings. The second kappa shape index (κ2) is 5.36. The van der Waals surface area contributed by atoms with Crippen LogP contribution in [-0.2, 0) is 5.75 Å². The predicted octanol–water partition coefficient (Wildman–Crippen LogP) is 3.87. The van der Waals surface area contributed by atoms with Gasteiger partial charge in [-0.05, 0) is 30.5 Å². The highest BCUT2D eigenvalue weighted by Gasteiger charge is 2.15. The van der Waals surface area contributed by atoms with Crippen molar-refractivity contribution in [1.29, 1.82) is 5.26 Å². The fourth-order valence-corrected chi connectivity index (χ4v) is 3.31. The zero-order valence-corrected chi connectivity index (χ0v) is 9.89. The molecule has 2 rings (SSSR count). The smallest absolute Gasteiger partial charge is 0.128 e. The molecule has 0 amide bonds. The Kier molecular flexibility index (Phi) is 3.84. The highest BCUT2D eigenvalue weighted by Crippen LogP contribution is 2.32. The Bertz CT molecular complexity index is 405. The van der Waals surface area contributed by atoms with Crippen LogP contribution in [0, 0.1) is 17.1 Å². The molecule has 0 radical (unpaired) electrons. The second-order valence-corrected chi connectivity index (χ2v) is 5.42. The Labute approximate surface area is 99.7 Å². The Hall–Kier alpha value is -1.01. The minimum Gasteiger partial charge on any atom is -0.207 e. The fraction of sp³-hybridized carbons (Fsp3) is 0.462. The summed E-state index contributed by atoms with van der Waals surface area (Å²) in [6.45, 7) is 0. The molecule has 1 nitrogen and oxygen atoms in total. The van der Waals surface area contributed by atoms with Crippen molar-refractivity contribution < 1.29 is 4.39 Å². The van der Waals surface area contributed by atoms with Gasteiger partial charge in [0.2, 0.25) is 0 Å². The number of nitrogens with zero attached hydrogens (tertiary/aromatic N) is 1. The molecule has 0 spiro atoms. The summed E-state index contributed by atoms with van der Waals surface area (Å²) in [4.78, 5) is 0. The molecule has 0 saturated heterocycles.